The molecule has 1 amide bonds. The predicted octanol–water partition coefficient (Wildman–Crippen LogP) is 5.13. The summed E-state index contributed by atoms with van der Waals surface area (Å²) < 4.78 is 21.5. The van der Waals surface area contributed by atoms with Crippen molar-refractivity contribution in [2.75, 3.05) is 7.11 Å². The molecule has 0 spiro atoms. The first-order valence-electron chi connectivity index (χ1n) is 11.0. The minimum atomic E-state index is -1.11. The van der Waals surface area contributed by atoms with Crippen molar-refractivity contribution in [2.45, 2.75) is 32.4 Å². The number of methoxy groups -OCH3 is 1. The topological polar surface area (TPSA) is 104 Å². The molecule has 1 heterocycles. The molecule has 8 heteroatoms. The van der Waals surface area contributed by atoms with Gasteiger partial charge in [-0.1, -0.05) is 30.3 Å². The average Bonchev–Trinajstić information content (AvgIpc) is 2.81. The smallest absolute Gasteiger partial charge is 0.408 e. The second-order valence-corrected chi connectivity index (χ2v) is 8.87. The fourth-order valence-corrected chi connectivity index (χ4v) is 3.61. The first-order valence-corrected chi connectivity index (χ1v) is 11.0. The van der Waals surface area contributed by atoms with Crippen LogP contribution in [-0.2, 0) is 9.53 Å². The summed E-state index contributed by atoms with van der Waals surface area (Å²) in [7, 11) is 1.52. The Hall–Kier alpha value is -4.33. The summed E-state index contributed by atoms with van der Waals surface area (Å²) in [4.78, 5) is 38.0. The van der Waals surface area contributed by atoms with Crippen molar-refractivity contribution in [3.05, 3.63) is 82.7 Å². The van der Waals surface area contributed by atoms with E-state index < -0.39 is 29.3 Å². The van der Waals surface area contributed by atoms with E-state index in [2.05, 4.69) is 5.32 Å². The average molecular weight is 475 g/mol. The summed E-state index contributed by atoms with van der Waals surface area (Å²) in [6.45, 7) is 5.18. The third kappa shape index (κ3) is 5.43. The van der Waals surface area contributed by atoms with E-state index >= 15 is 0 Å². The molecule has 1 unspecified atom stereocenters. The Labute approximate surface area is 201 Å². The molecule has 35 heavy (non-hydrogen) atoms. The summed E-state index contributed by atoms with van der Waals surface area (Å²) in [5.41, 5.74) is -0.494. The van der Waals surface area contributed by atoms with Gasteiger partial charge in [0.05, 0.1) is 12.5 Å². The number of esters is 1. The van der Waals surface area contributed by atoms with Crippen molar-refractivity contribution in [1.82, 2.24) is 5.32 Å². The Morgan fingerprint density at radius 3 is 2.26 bits per heavy atom. The van der Waals surface area contributed by atoms with Crippen molar-refractivity contribution in [2.24, 2.45) is 0 Å². The van der Waals surface area contributed by atoms with E-state index in [0.29, 0.717) is 27.5 Å². The van der Waals surface area contributed by atoms with E-state index in [0.717, 1.165) is 0 Å². The Morgan fingerprint density at radius 2 is 1.57 bits per heavy atom. The van der Waals surface area contributed by atoms with Crippen molar-refractivity contribution in [1.29, 1.82) is 0 Å². The Morgan fingerprint density at radius 1 is 0.886 bits per heavy atom. The molecule has 0 aliphatic heterocycles. The normalized spacial score (nSPS) is 12.2. The van der Waals surface area contributed by atoms with E-state index in [1.54, 1.807) is 81.4 Å². The summed E-state index contributed by atoms with van der Waals surface area (Å²) in [5, 5.41) is 4.31. The minimum Gasteiger partial charge on any atom is -0.497 e. The highest BCUT2D eigenvalue weighted by molar-refractivity contribution is 6.05. The molecule has 3 aromatic carbocycles. The zero-order valence-electron chi connectivity index (χ0n) is 19.8. The molecule has 180 valence electrons. The number of nitrogens with one attached hydrogen (secondary N) is 1. The molecule has 0 fully saturated rings. The molecular weight excluding hydrogens is 450 g/mol. The van der Waals surface area contributed by atoms with Crippen molar-refractivity contribution in [3.8, 4) is 11.5 Å². The van der Waals surface area contributed by atoms with E-state index in [1.165, 1.54) is 13.2 Å². The number of carbonyl (C=O) groups is 2. The fourth-order valence-electron chi connectivity index (χ4n) is 3.61. The molecule has 0 radical (unpaired) electrons. The third-order valence-corrected chi connectivity index (χ3v) is 5.14. The number of alkyl carbamates (subject to hydrolysis) is 1. The van der Waals surface area contributed by atoms with Gasteiger partial charge in [0.2, 0.25) is 0 Å². The minimum absolute atomic E-state index is 0.158. The standard InChI is InChI=1S/C27H25NO7/c1-27(2,3)35-26(31)28-23(16-8-6-5-7-9-16)25(30)33-18-11-13-20-19-12-10-17(32-4)14-21(19)24(29)34-22(20)15-18/h5-15,23H,1-4H3,(H,28,31). The van der Waals surface area contributed by atoms with Gasteiger partial charge in [-0.2, -0.15) is 0 Å². The maximum atomic E-state index is 13.1. The van der Waals surface area contributed by atoms with Gasteiger partial charge in [-0.15, -0.1) is 0 Å². The molecule has 0 aliphatic rings. The molecule has 1 atom stereocenters. The predicted molar refractivity (Wildman–Crippen MR) is 131 cm³/mol. The summed E-state index contributed by atoms with van der Waals surface area (Å²) in [6, 6.07) is 17.5. The zero-order valence-corrected chi connectivity index (χ0v) is 19.8. The number of rotatable bonds is 5. The number of benzene rings is 3. The first kappa shape index (κ1) is 23.8. The highest BCUT2D eigenvalue weighted by Gasteiger charge is 2.27. The summed E-state index contributed by atoms with van der Waals surface area (Å²) in [6.07, 6.45) is -0.755. The lowest BCUT2D eigenvalue weighted by Crippen LogP contribution is -2.39. The fraction of sp³-hybridized carbons (Fsp3) is 0.222. The van der Waals surface area contributed by atoms with Gasteiger partial charge in [-0.25, -0.2) is 14.4 Å². The molecule has 4 rings (SSSR count). The van der Waals surface area contributed by atoms with Crippen LogP contribution in [0, 0.1) is 0 Å². The van der Waals surface area contributed by atoms with Crippen molar-refractivity contribution >= 4 is 33.8 Å². The van der Waals surface area contributed by atoms with Crippen LogP contribution >= 0.6 is 0 Å². The highest BCUT2D eigenvalue weighted by Crippen LogP contribution is 2.29. The molecule has 1 N–H and O–H groups in total. The molecule has 8 nitrogen and oxygen atoms in total. The van der Waals surface area contributed by atoms with Crippen LogP contribution < -0.4 is 20.4 Å². The van der Waals surface area contributed by atoms with Crippen LogP contribution in [0.1, 0.15) is 32.4 Å². The molecule has 0 saturated heterocycles. The number of hydrogen-bond donors (Lipinski definition) is 1. The zero-order chi connectivity index (χ0) is 25.2. The van der Waals surface area contributed by atoms with Gasteiger partial charge in [-0.3, -0.25) is 0 Å². The lowest BCUT2D eigenvalue weighted by molar-refractivity contribution is -0.137. The molecule has 0 aliphatic carbocycles. The number of hydrogen-bond acceptors (Lipinski definition) is 7. The number of amides is 1. The second-order valence-electron chi connectivity index (χ2n) is 8.87. The Kier molecular flexibility index (Phi) is 6.46. The first-order chi connectivity index (χ1) is 16.6. The van der Waals surface area contributed by atoms with Crippen molar-refractivity contribution in [3.63, 3.8) is 0 Å². The molecule has 0 saturated carbocycles. The van der Waals surface area contributed by atoms with Crippen LogP contribution in [-0.4, -0.2) is 24.8 Å². The highest BCUT2D eigenvalue weighted by atomic mass is 16.6. The molecule has 0 bridgehead atoms. The monoisotopic (exact) mass is 475 g/mol. The van der Waals surface area contributed by atoms with Gasteiger partial charge in [0, 0.05) is 16.8 Å². The van der Waals surface area contributed by atoms with E-state index in [4.69, 9.17) is 18.6 Å². The van der Waals surface area contributed by atoms with Crippen LogP contribution in [0.2, 0.25) is 0 Å². The number of carbonyl (C=O) groups excluding carboxylic acids is 2. The Balaban J connectivity index is 1.64. The van der Waals surface area contributed by atoms with Crippen LogP contribution in [0.25, 0.3) is 21.7 Å². The Bertz CT molecular complexity index is 1450. The summed E-state index contributed by atoms with van der Waals surface area (Å²) >= 11 is 0. The lowest BCUT2D eigenvalue weighted by Gasteiger charge is -2.23. The third-order valence-electron chi connectivity index (χ3n) is 5.14. The van der Waals surface area contributed by atoms with E-state index in [9.17, 15) is 14.4 Å². The number of fused-ring (bicyclic) bond motifs is 3. The van der Waals surface area contributed by atoms with Gasteiger partial charge >= 0.3 is 17.7 Å². The van der Waals surface area contributed by atoms with E-state index in [1.807, 2.05) is 0 Å². The van der Waals surface area contributed by atoms with Crippen LogP contribution in [0.4, 0.5) is 4.79 Å². The largest absolute Gasteiger partial charge is 0.497 e. The maximum absolute atomic E-state index is 13.1. The van der Waals surface area contributed by atoms with Gasteiger partial charge < -0.3 is 23.9 Å². The molecule has 1 aromatic heterocycles. The quantitative estimate of drug-likeness (QED) is 0.185. The lowest BCUT2D eigenvalue weighted by atomic mass is 10.1. The van der Waals surface area contributed by atoms with Gasteiger partial charge in [0.15, 0.2) is 6.04 Å². The van der Waals surface area contributed by atoms with Gasteiger partial charge in [0.1, 0.15) is 22.7 Å². The van der Waals surface area contributed by atoms with Crippen LogP contribution in [0.3, 0.4) is 0 Å². The second kappa shape index (κ2) is 9.50. The maximum Gasteiger partial charge on any atom is 0.408 e. The van der Waals surface area contributed by atoms with E-state index in [-0.39, 0.29) is 11.3 Å². The van der Waals surface area contributed by atoms with Gasteiger partial charge in [0.25, 0.3) is 0 Å². The molecule has 4 aromatic rings. The number of ether oxygens (including phenoxy) is 3. The summed E-state index contributed by atoms with van der Waals surface area (Å²) in [5.74, 6) is -0.0288. The van der Waals surface area contributed by atoms with Crippen molar-refractivity contribution < 1.29 is 28.2 Å². The SMILES string of the molecule is COc1ccc2c(c1)c(=O)oc1cc(OC(=O)C(NC(=O)OC(C)(C)C)c3ccccc3)ccc12. The van der Waals surface area contributed by atoms with Gasteiger partial charge in [-0.05, 0) is 56.7 Å². The molecular formula is C27H25NO7. The van der Waals surface area contributed by atoms with Crippen LogP contribution in [0.15, 0.2) is 75.9 Å². The van der Waals surface area contributed by atoms with Crippen LogP contribution in [0.5, 0.6) is 11.5 Å².